The molecule has 0 atom stereocenters. The second-order valence-corrected chi connectivity index (χ2v) is 10.5. The molecule has 5 aromatic rings. The van der Waals surface area contributed by atoms with E-state index in [1.165, 1.54) is 24.3 Å². The van der Waals surface area contributed by atoms with Gasteiger partial charge in [0.2, 0.25) is 0 Å². The minimum atomic E-state index is -5.20. The summed E-state index contributed by atoms with van der Waals surface area (Å²) in [4.78, 5) is 0. The molecule has 0 unspecified atom stereocenters. The number of rotatable bonds is 6. The Bertz CT molecular complexity index is 1780. The molecule has 0 N–H and O–H groups in total. The zero-order valence-electron chi connectivity index (χ0n) is 18.8. The van der Waals surface area contributed by atoms with Crippen LogP contribution in [0.4, 0.5) is 7.77 Å². The van der Waals surface area contributed by atoms with Gasteiger partial charge in [0.25, 0.3) is 0 Å². The van der Waals surface area contributed by atoms with Gasteiger partial charge in [0.15, 0.2) is 0 Å². The minimum Gasteiger partial charge on any atom is -0.358 e. The maximum Gasteiger partial charge on any atom is 0.488 e. The van der Waals surface area contributed by atoms with Gasteiger partial charge in [-0.2, -0.15) is 16.8 Å². The van der Waals surface area contributed by atoms with E-state index in [0.29, 0.717) is 0 Å². The summed E-state index contributed by atoms with van der Waals surface area (Å²) < 4.78 is 79.0. The second kappa shape index (κ2) is 7.99. The van der Waals surface area contributed by atoms with Crippen molar-refractivity contribution in [2.45, 2.75) is 5.41 Å². The van der Waals surface area contributed by atoms with E-state index in [1.54, 1.807) is 24.3 Å². The summed E-state index contributed by atoms with van der Waals surface area (Å²) in [7, 11) is -10.4. The molecule has 0 fully saturated rings. The molecule has 1 aliphatic carbocycles. The zero-order valence-corrected chi connectivity index (χ0v) is 20.4. The van der Waals surface area contributed by atoms with Crippen LogP contribution in [-0.2, 0) is 26.4 Å². The van der Waals surface area contributed by atoms with Crippen molar-refractivity contribution in [3.8, 4) is 11.5 Å². The van der Waals surface area contributed by atoms with Crippen molar-refractivity contribution in [2.75, 3.05) is 0 Å². The third-order valence-electron chi connectivity index (χ3n) is 6.66. The Balaban J connectivity index is 1.65. The predicted octanol–water partition coefficient (Wildman–Crippen LogP) is 5.88. The lowest BCUT2D eigenvalue weighted by Crippen LogP contribution is -2.28. The van der Waals surface area contributed by atoms with Crippen molar-refractivity contribution in [1.29, 1.82) is 0 Å². The van der Waals surface area contributed by atoms with Gasteiger partial charge in [-0.25, -0.2) is 0 Å². The van der Waals surface area contributed by atoms with Gasteiger partial charge in [0, 0.05) is 0 Å². The highest BCUT2D eigenvalue weighted by Gasteiger charge is 2.45. The van der Waals surface area contributed by atoms with Crippen LogP contribution in [0.25, 0.3) is 21.5 Å². The summed E-state index contributed by atoms with van der Waals surface area (Å²) in [5.74, 6) is -0.379. The summed E-state index contributed by atoms with van der Waals surface area (Å²) in [6.07, 6.45) is 0. The highest BCUT2D eigenvalue weighted by Crippen LogP contribution is 2.55. The molecule has 6 rings (SSSR count). The van der Waals surface area contributed by atoms with E-state index in [1.807, 2.05) is 48.5 Å². The Labute approximate surface area is 211 Å². The smallest absolute Gasteiger partial charge is 0.358 e. The largest absolute Gasteiger partial charge is 0.488 e. The lowest BCUT2D eigenvalue weighted by molar-refractivity contribution is 0.438. The Morgan fingerprint density at radius 1 is 0.514 bits per heavy atom. The summed E-state index contributed by atoms with van der Waals surface area (Å²) in [5.41, 5.74) is 2.40. The van der Waals surface area contributed by atoms with Gasteiger partial charge in [0.1, 0.15) is 11.5 Å². The summed E-state index contributed by atoms with van der Waals surface area (Å²) in [6, 6.07) is 28.0. The first-order valence-electron chi connectivity index (χ1n) is 11.0. The van der Waals surface area contributed by atoms with Crippen molar-refractivity contribution in [3.63, 3.8) is 0 Å². The van der Waals surface area contributed by atoms with E-state index in [9.17, 15) is 24.6 Å². The van der Waals surface area contributed by atoms with E-state index in [4.69, 9.17) is 0 Å². The number of halogens is 2. The second-order valence-electron chi connectivity index (χ2n) is 8.62. The van der Waals surface area contributed by atoms with Crippen LogP contribution < -0.4 is 8.37 Å². The summed E-state index contributed by atoms with van der Waals surface area (Å²) in [5, 5.41) is 4.11. The normalized spacial score (nSPS) is 14.3. The van der Waals surface area contributed by atoms with E-state index in [0.717, 1.165) is 43.8 Å². The number of benzene rings is 5. The van der Waals surface area contributed by atoms with E-state index in [2.05, 4.69) is 8.37 Å². The van der Waals surface area contributed by atoms with Crippen LogP contribution >= 0.6 is 0 Å². The van der Waals surface area contributed by atoms with Crippen LogP contribution in [0.1, 0.15) is 22.3 Å². The number of hydrogen-bond donors (Lipinski definition) is 0. The van der Waals surface area contributed by atoms with Crippen LogP contribution in [0.2, 0.25) is 0 Å². The summed E-state index contributed by atoms with van der Waals surface area (Å²) >= 11 is 0. The van der Waals surface area contributed by atoms with Crippen molar-refractivity contribution >= 4 is 42.6 Å². The van der Waals surface area contributed by atoms with Crippen LogP contribution in [-0.4, -0.2) is 16.8 Å². The minimum absolute atomic E-state index is 0.190. The van der Waals surface area contributed by atoms with Gasteiger partial charge in [-0.3, -0.25) is 0 Å². The molecule has 186 valence electrons. The number of hydrogen-bond acceptors (Lipinski definition) is 6. The molecule has 0 spiro atoms. The molecule has 0 aromatic heterocycles. The molecule has 1 aliphatic rings. The van der Waals surface area contributed by atoms with Gasteiger partial charge >= 0.3 is 21.0 Å². The molecular weight excluding hydrogens is 522 g/mol. The fourth-order valence-electron chi connectivity index (χ4n) is 5.47. The highest BCUT2D eigenvalue weighted by molar-refractivity contribution is 7.82. The van der Waals surface area contributed by atoms with Crippen molar-refractivity contribution in [3.05, 3.63) is 119 Å². The SMILES string of the molecule is O=S(=O)(F)Oc1ccc(C2(c3ccc(OS(=O)(=O)F)cc3)c3cccc4ccc5cccc2c5c34)cc1. The topological polar surface area (TPSA) is 86.7 Å². The van der Waals surface area contributed by atoms with Crippen molar-refractivity contribution in [1.82, 2.24) is 0 Å². The molecular formula is C27H16F2O6S2. The molecule has 6 nitrogen and oxygen atoms in total. The van der Waals surface area contributed by atoms with Crippen LogP contribution in [0.15, 0.2) is 97.1 Å². The fourth-order valence-corrected chi connectivity index (χ4v) is 6.15. The first-order valence-corrected chi connectivity index (χ1v) is 13.6. The van der Waals surface area contributed by atoms with E-state index in [-0.39, 0.29) is 11.5 Å². The van der Waals surface area contributed by atoms with Crippen LogP contribution in [0, 0.1) is 0 Å². The lowest BCUT2D eigenvalue weighted by atomic mass is 9.67. The molecule has 37 heavy (non-hydrogen) atoms. The molecule has 0 saturated heterocycles. The first kappa shape index (κ1) is 23.4. The Morgan fingerprint density at radius 3 is 1.24 bits per heavy atom. The third kappa shape index (κ3) is 3.80. The molecule has 0 aliphatic heterocycles. The molecule has 0 radical (unpaired) electrons. The monoisotopic (exact) mass is 538 g/mol. The zero-order chi connectivity index (χ0) is 26.0. The van der Waals surface area contributed by atoms with Crippen molar-refractivity contribution < 1.29 is 33.0 Å². The van der Waals surface area contributed by atoms with E-state index < -0.39 is 26.4 Å². The standard InChI is InChI=1S/C27H16F2O6S2/c28-36(30,31)34-21-13-9-19(10-14-21)27(20-11-15-22(16-12-20)35-37(29,32)33)23-5-1-3-17-7-8-18-4-2-6-24(27)26(18)25(17)23/h1-16H. The van der Waals surface area contributed by atoms with Gasteiger partial charge in [-0.15, -0.1) is 0 Å². The van der Waals surface area contributed by atoms with Gasteiger partial charge < -0.3 is 8.37 Å². The Hall–Kier alpha value is -4.02. The molecule has 5 aromatic carbocycles. The van der Waals surface area contributed by atoms with Gasteiger partial charge in [0.05, 0.1) is 5.41 Å². The van der Waals surface area contributed by atoms with Crippen LogP contribution in [0.5, 0.6) is 11.5 Å². The first-order chi connectivity index (χ1) is 17.6. The van der Waals surface area contributed by atoms with Gasteiger partial charge in [-0.05, 0) is 68.1 Å². The highest BCUT2D eigenvalue weighted by atomic mass is 32.3. The molecule has 0 saturated carbocycles. The maximum atomic E-state index is 13.1. The predicted molar refractivity (Wildman–Crippen MR) is 135 cm³/mol. The quantitative estimate of drug-likeness (QED) is 0.195. The Morgan fingerprint density at radius 2 is 0.892 bits per heavy atom. The average Bonchev–Trinajstić information content (AvgIpc) is 3.14. The Kier molecular flexibility index (Phi) is 5.05. The fraction of sp³-hybridized carbons (Fsp3) is 0.0370. The molecule has 10 heteroatoms. The average molecular weight is 539 g/mol. The van der Waals surface area contributed by atoms with Gasteiger partial charge in [-0.1, -0.05) is 80.6 Å². The molecule has 0 bridgehead atoms. The molecule has 0 heterocycles. The van der Waals surface area contributed by atoms with Crippen LogP contribution in [0.3, 0.4) is 0 Å². The summed E-state index contributed by atoms with van der Waals surface area (Å²) in [6.45, 7) is 0. The van der Waals surface area contributed by atoms with E-state index >= 15 is 0 Å². The third-order valence-corrected chi connectivity index (χ3v) is 7.44. The maximum absolute atomic E-state index is 13.1. The lowest BCUT2D eigenvalue weighted by Gasteiger charge is -2.34. The van der Waals surface area contributed by atoms with Crippen molar-refractivity contribution in [2.24, 2.45) is 0 Å². The molecule has 0 amide bonds.